The maximum Gasteiger partial charge on any atom is 0.223 e. The van der Waals surface area contributed by atoms with E-state index in [9.17, 15) is 4.79 Å². The van der Waals surface area contributed by atoms with Crippen LogP contribution in [0.15, 0.2) is 30.3 Å². The van der Waals surface area contributed by atoms with Crippen LogP contribution in [-0.2, 0) is 11.2 Å². The number of carbonyl (C=O) groups excluding carboxylic acids is 1. The van der Waals surface area contributed by atoms with Gasteiger partial charge in [-0.25, -0.2) is 0 Å². The molecular weight excluding hydrogens is 224 g/mol. The normalized spacial score (nSPS) is 23.6. The minimum Gasteiger partial charge on any atom is -0.356 e. The molecule has 0 spiro atoms. The van der Waals surface area contributed by atoms with Crippen molar-refractivity contribution >= 4 is 5.91 Å². The molecule has 2 unspecified atom stereocenters. The summed E-state index contributed by atoms with van der Waals surface area (Å²) >= 11 is 0. The SMILES string of the molecule is NC1CCCC(C(=O)NCCc2ccccc2)C1. The second kappa shape index (κ2) is 6.55. The number of benzene rings is 1. The van der Waals surface area contributed by atoms with Crippen LogP contribution in [0.25, 0.3) is 0 Å². The van der Waals surface area contributed by atoms with Crippen LogP contribution in [0.5, 0.6) is 0 Å². The summed E-state index contributed by atoms with van der Waals surface area (Å²) in [7, 11) is 0. The summed E-state index contributed by atoms with van der Waals surface area (Å²) in [5.41, 5.74) is 7.16. The highest BCUT2D eigenvalue weighted by atomic mass is 16.1. The molecule has 0 heterocycles. The maximum atomic E-state index is 12.0. The van der Waals surface area contributed by atoms with Crippen LogP contribution in [-0.4, -0.2) is 18.5 Å². The fraction of sp³-hybridized carbons (Fsp3) is 0.533. The van der Waals surface area contributed by atoms with Gasteiger partial charge in [0, 0.05) is 18.5 Å². The molecule has 1 amide bonds. The zero-order valence-corrected chi connectivity index (χ0v) is 10.8. The number of nitrogens with two attached hydrogens (primary N) is 1. The summed E-state index contributed by atoms with van der Waals surface area (Å²) in [6.07, 6.45) is 4.87. The Morgan fingerprint density at radius 1 is 1.28 bits per heavy atom. The molecule has 2 atom stereocenters. The topological polar surface area (TPSA) is 55.1 Å². The summed E-state index contributed by atoms with van der Waals surface area (Å²) in [5, 5.41) is 3.03. The fourth-order valence-electron chi connectivity index (χ4n) is 2.58. The first-order valence-electron chi connectivity index (χ1n) is 6.83. The van der Waals surface area contributed by atoms with Crippen LogP contribution in [0.4, 0.5) is 0 Å². The van der Waals surface area contributed by atoms with E-state index in [-0.39, 0.29) is 17.9 Å². The lowest BCUT2D eigenvalue weighted by atomic mass is 9.85. The Morgan fingerprint density at radius 3 is 2.78 bits per heavy atom. The zero-order valence-electron chi connectivity index (χ0n) is 10.8. The van der Waals surface area contributed by atoms with Crippen molar-refractivity contribution < 1.29 is 4.79 Å². The molecule has 1 fully saturated rings. The van der Waals surface area contributed by atoms with E-state index in [0.717, 1.165) is 32.1 Å². The molecule has 3 N–H and O–H groups in total. The van der Waals surface area contributed by atoms with Gasteiger partial charge < -0.3 is 11.1 Å². The van der Waals surface area contributed by atoms with E-state index in [1.165, 1.54) is 5.56 Å². The summed E-state index contributed by atoms with van der Waals surface area (Å²) < 4.78 is 0. The highest BCUT2D eigenvalue weighted by Gasteiger charge is 2.24. The smallest absolute Gasteiger partial charge is 0.223 e. The Labute approximate surface area is 109 Å². The monoisotopic (exact) mass is 246 g/mol. The highest BCUT2D eigenvalue weighted by molar-refractivity contribution is 5.78. The lowest BCUT2D eigenvalue weighted by Crippen LogP contribution is -2.38. The van der Waals surface area contributed by atoms with Gasteiger partial charge in [-0.05, 0) is 31.2 Å². The largest absolute Gasteiger partial charge is 0.356 e. The van der Waals surface area contributed by atoms with E-state index in [1.807, 2.05) is 18.2 Å². The molecule has 3 heteroatoms. The average Bonchev–Trinajstić information content (AvgIpc) is 2.40. The third kappa shape index (κ3) is 3.84. The van der Waals surface area contributed by atoms with Crippen LogP contribution >= 0.6 is 0 Å². The Morgan fingerprint density at radius 2 is 2.06 bits per heavy atom. The van der Waals surface area contributed by atoms with Crippen LogP contribution in [0.1, 0.15) is 31.2 Å². The van der Waals surface area contributed by atoms with Gasteiger partial charge in [-0.3, -0.25) is 4.79 Å². The molecule has 0 bridgehead atoms. The molecule has 1 aromatic carbocycles. The lowest BCUT2D eigenvalue weighted by Gasteiger charge is -2.25. The molecule has 3 nitrogen and oxygen atoms in total. The Kier molecular flexibility index (Phi) is 4.76. The molecule has 1 aliphatic carbocycles. The minimum atomic E-state index is 0.129. The van der Waals surface area contributed by atoms with E-state index in [0.29, 0.717) is 6.54 Å². The Balaban J connectivity index is 1.71. The number of rotatable bonds is 4. The molecule has 18 heavy (non-hydrogen) atoms. The molecule has 0 radical (unpaired) electrons. The van der Waals surface area contributed by atoms with Gasteiger partial charge in [0.2, 0.25) is 5.91 Å². The zero-order chi connectivity index (χ0) is 12.8. The summed E-state index contributed by atoms with van der Waals surface area (Å²) in [5.74, 6) is 0.311. The van der Waals surface area contributed by atoms with Gasteiger partial charge >= 0.3 is 0 Å². The first kappa shape index (κ1) is 13.1. The number of amides is 1. The number of nitrogens with one attached hydrogen (secondary N) is 1. The molecule has 2 rings (SSSR count). The van der Waals surface area contributed by atoms with Crippen molar-refractivity contribution in [3.63, 3.8) is 0 Å². The maximum absolute atomic E-state index is 12.0. The van der Waals surface area contributed by atoms with Gasteiger partial charge in [0.25, 0.3) is 0 Å². The van der Waals surface area contributed by atoms with E-state index >= 15 is 0 Å². The van der Waals surface area contributed by atoms with Crippen LogP contribution in [0, 0.1) is 5.92 Å². The quantitative estimate of drug-likeness (QED) is 0.852. The minimum absolute atomic E-state index is 0.129. The molecule has 98 valence electrons. The summed E-state index contributed by atoms with van der Waals surface area (Å²) in [4.78, 5) is 12.0. The molecule has 1 aliphatic rings. The van der Waals surface area contributed by atoms with Gasteiger partial charge in [-0.15, -0.1) is 0 Å². The van der Waals surface area contributed by atoms with Crippen molar-refractivity contribution in [2.24, 2.45) is 11.7 Å². The van der Waals surface area contributed by atoms with Gasteiger partial charge in [-0.1, -0.05) is 36.8 Å². The van der Waals surface area contributed by atoms with Crippen LogP contribution in [0.2, 0.25) is 0 Å². The standard InChI is InChI=1S/C15H22N2O/c16-14-8-4-7-13(11-14)15(18)17-10-9-12-5-2-1-3-6-12/h1-3,5-6,13-14H,4,7-11,16H2,(H,17,18). The van der Waals surface area contributed by atoms with Gasteiger partial charge in [-0.2, -0.15) is 0 Å². The van der Waals surface area contributed by atoms with Gasteiger partial charge in [0.1, 0.15) is 0 Å². The Hall–Kier alpha value is -1.35. The van der Waals surface area contributed by atoms with Gasteiger partial charge in [0.15, 0.2) is 0 Å². The fourth-order valence-corrected chi connectivity index (χ4v) is 2.58. The second-order valence-electron chi connectivity index (χ2n) is 5.15. The van der Waals surface area contributed by atoms with Crippen molar-refractivity contribution in [3.8, 4) is 0 Å². The van der Waals surface area contributed by atoms with E-state index in [4.69, 9.17) is 5.73 Å². The molecule has 0 aliphatic heterocycles. The van der Waals surface area contributed by atoms with E-state index < -0.39 is 0 Å². The second-order valence-corrected chi connectivity index (χ2v) is 5.15. The number of hydrogen-bond donors (Lipinski definition) is 2. The highest BCUT2D eigenvalue weighted by Crippen LogP contribution is 2.22. The van der Waals surface area contributed by atoms with Crippen molar-refractivity contribution in [3.05, 3.63) is 35.9 Å². The van der Waals surface area contributed by atoms with Crippen molar-refractivity contribution in [1.82, 2.24) is 5.32 Å². The third-order valence-corrected chi connectivity index (χ3v) is 3.64. The first-order valence-corrected chi connectivity index (χ1v) is 6.83. The predicted octanol–water partition coefficient (Wildman–Crippen LogP) is 1.86. The van der Waals surface area contributed by atoms with Crippen LogP contribution in [0.3, 0.4) is 0 Å². The number of carbonyl (C=O) groups is 1. The Bertz CT molecular complexity index is 377. The van der Waals surface area contributed by atoms with Gasteiger partial charge in [0.05, 0.1) is 0 Å². The summed E-state index contributed by atoms with van der Waals surface area (Å²) in [6.45, 7) is 0.717. The average molecular weight is 246 g/mol. The van der Waals surface area contributed by atoms with Crippen molar-refractivity contribution in [2.45, 2.75) is 38.1 Å². The molecule has 0 aromatic heterocycles. The molecule has 0 saturated heterocycles. The van der Waals surface area contributed by atoms with Crippen molar-refractivity contribution in [2.75, 3.05) is 6.54 Å². The van der Waals surface area contributed by atoms with Crippen molar-refractivity contribution in [1.29, 1.82) is 0 Å². The predicted molar refractivity (Wildman–Crippen MR) is 73.1 cm³/mol. The lowest BCUT2D eigenvalue weighted by molar-refractivity contribution is -0.126. The summed E-state index contributed by atoms with van der Waals surface area (Å²) in [6, 6.07) is 10.4. The first-order chi connectivity index (χ1) is 8.75. The van der Waals surface area contributed by atoms with Crippen LogP contribution < -0.4 is 11.1 Å². The third-order valence-electron chi connectivity index (χ3n) is 3.64. The molecule has 1 saturated carbocycles. The molecular formula is C15H22N2O. The van der Waals surface area contributed by atoms with E-state index in [1.54, 1.807) is 0 Å². The van der Waals surface area contributed by atoms with E-state index in [2.05, 4.69) is 17.4 Å². The number of hydrogen-bond acceptors (Lipinski definition) is 2. The molecule has 1 aromatic rings.